The van der Waals surface area contributed by atoms with Crippen LogP contribution in [0.15, 0.2) is 39.3 Å². The molecule has 9 heteroatoms. The topological polar surface area (TPSA) is 87.6 Å². The van der Waals surface area contributed by atoms with Crippen LogP contribution in [0.2, 0.25) is 0 Å². The summed E-state index contributed by atoms with van der Waals surface area (Å²) in [7, 11) is -3.84. The number of halogens is 1. The highest BCUT2D eigenvalue weighted by Crippen LogP contribution is 2.34. The first kappa shape index (κ1) is 15.9. The molecule has 0 atom stereocenters. The van der Waals surface area contributed by atoms with Gasteiger partial charge in [-0.05, 0) is 41.1 Å². The van der Waals surface area contributed by atoms with Crippen molar-refractivity contribution in [3.63, 3.8) is 0 Å². The van der Waals surface area contributed by atoms with Crippen LogP contribution in [-0.4, -0.2) is 31.0 Å². The van der Waals surface area contributed by atoms with E-state index in [0.29, 0.717) is 5.69 Å². The molecule has 2 aromatic rings. The average molecular weight is 391 g/mol. The Kier molecular flexibility index (Phi) is 4.64. The van der Waals surface area contributed by atoms with Gasteiger partial charge in [-0.15, -0.1) is 11.3 Å². The summed E-state index contributed by atoms with van der Waals surface area (Å²) in [6.45, 7) is 1.92. The van der Waals surface area contributed by atoms with Gasteiger partial charge in [0.15, 0.2) is 0 Å². The molecule has 2 rings (SSSR count). The highest BCUT2D eigenvalue weighted by atomic mass is 79.9. The van der Waals surface area contributed by atoms with Crippen LogP contribution in [0.25, 0.3) is 0 Å². The number of anilines is 1. The molecular formula is C12H11BrN2O4S2. The molecule has 0 saturated heterocycles. The highest BCUT2D eigenvalue weighted by Gasteiger charge is 2.29. The number of nitrogens with zero attached hydrogens (tertiary/aromatic N) is 2. The summed E-state index contributed by atoms with van der Waals surface area (Å²) in [6, 6.07) is 4.33. The number of rotatable bonds is 5. The molecule has 0 fully saturated rings. The first-order chi connectivity index (χ1) is 9.87. The van der Waals surface area contributed by atoms with E-state index in [4.69, 9.17) is 5.11 Å². The quantitative estimate of drug-likeness (QED) is 0.847. The van der Waals surface area contributed by atoms with Crippen LogP contribution < -0.4 is 4.31 Å². The van der Waals surface area contributed by atoms with Crippen molar-refractivity contribution in [2.24, 2.45) is 0 Å². The third-order valence-corrected chi connectivity index (χ3v) is 6.82. The van der Waals surface area contributed by atoms with Crippen LogP contribution in [0.3, 0.4) is 0 Å². The molecule has 1 N–H and O–H groups in total. The van der Waals surface area contributed by atoms with E-state index in [2.05, 4.69) is 20.9 Å². The minimum atomic E-state index is -3.84. The molecule has 0 aromatic carbocycles. The lowest BCUT2D eigenvalue weighted by Gasteiger charge is -2.22. The Morgan fingerprint density at radius 1 is 1.43 bits per heavy atom. The summed E-state index contributed by atoms with van der Waals surface area (Å²) in [5, 5.41) is 8.97. The van der Waals surface area contributed by atoms with E-state index >= 15 is 0 Å². The monoisotopic (exact) mass is 390 g/mol. The summed E-state index contributed by atoms with van der Waals surface area (Å²) >= 11 is 4.00. The lowest BCUT2D eigenvalue weighted by atomic mass is 10.4. The normalized spacial score (nSPS) is 11.3. The van der Waals surface area contributed by atoms with Crippen molar-refractivity contribution in [3.05, 3.63) is 39.3 Å². The van der Waals surface area contributed by atoms with Crippen molar-refractivity contribution in [1.82, 2.24) is 4.98 Å². The van der Waals surface area contributed by atoms with Gasteiger partial charge in [0.1, 0.15) is 9.77 Å². The van der Waals surface area contributed by atoms with Crippen LogP contribution in [0.5, 0.6) is 0 Å². The second-order valence-corrected chi connectivity index (χ2v) is 8.13. The number of thiophene rings is 1. The third kappa shape index (κ3) is 3.09. The molecule has 2 heterocycles. The minimum absolute atomic E-state index is 0.0359. The van der Waals surface area contributed by atoms with Gasteiger partial charge in [0.25, 0.3) is 10.0 Å². The average Bonchev–Trinajstić information content (AvgIpc) is 2.83. The molecule has 0 aliphatic rings. The fourth-order valence-corrected chi connectivity index (χ4v) is 5.58. The van der Waals surface area contributed by atoms with Gasteiger partial charge in [-0.1, -0.05) is 0 Å². The van der Waals surface area contributed by atoms with E-state index in [1.165, 1.54) is 16.7 Å². The van der Waals surface area contributed by atoms with E-state index in [9.17, 15) is 13.2 Å². The number of carbonyl (C=O) groups is 1. The van der Waals surface area contributed by atoms with Gasteiger partial charge in [0.05, 0.1) is 9.47 Å². The predicted molar refractivity (Wildman–Crippen MR) is 83.4 cm³/mol. The van der Waals surface area contributed by atoms with Crippen LogP contribution in [-0.2, 0) is 10.0 Å². The molecule has 0 saturated carbocycles. The number of hydrogen-bond acceptors (Lipinski definition) is 5. The van der Waals surface area contributed by atoms with E-state index in [0.717, 1.165) is 17.4 Å². The van der Waals surface area contributed by atoms with Gasteiger partial charge in [-0.25, -0.2) is 13.2 Å². The van der Waals surface area contributed by atoms with Gasteiger partial charge >= 0.3 is 5.97 Å². The van der Waals surface area contributed by atoms with Gasteiger partial charge in [0.2, 0.25) is 0 Å². The maximum Gasteiger partial charge on any atom is 0.345 e. The summed E-state index contributed by atoms with van der Waals surface area (Å²) in [5.41, 5.74) is 0.475. The number of carboxylic acid groups (broad SMARTS) is 1. The SMILES string of the molecule is CCN(c1ccncc1)S(=O)(=O)c1cc(C(=O)O)sc1Br. The summed E-state index contributed by atoms with van der Waals surface area (Å²) in [6.07, 6.45) is 3.00. The zero-order valence-electron chi connectivity index (χ0n) is 10.9. The first-order valence-corrected chi connectivity index (χ1v) is 8.88. The number of carboxylic acids is 1. The number of aromatic nitrogens is 1. The molecule has 0 bridgehead atoms. The smallest absolute Gasteiger partial charge is 0.345 e. The molecule has 0 aliphatic carbocycles. The van der Waals surface area contributed by atoms with Crippen molar-refractivity contribution in [2.75, 3.05) is 10.8 Å². The lowest BCUT2D eigenvalue weighted by molar-refractivity contribution is 0.0702. The Morgan fingerprint density at radius 2 is 2.05 bits per heavy atom. The van der Waals surface area contributed by atoms with E-state index in [1.54, 1.807) is 19.1 Å². The Bertz CT molecular complexity index is 759. The zero-order valence-corrected chi connectivity index (χ0v) is 14.1. The first-order valence-electron chi connectivity index (χ1n) is 5.83. The van der Waals surface area contributed by atoms with Gasteiger partial charge in [-0.3, -0.25) is 9.29 Å². The molecule has 0 unspecified atom stereocenters. The fraction of sp³-hybridized carbons (Fsp3) is 0.167. The number of sulfonamides is 1. The molecule has 0 spiro atoms. The lowest BCUT2D eigenvalue weighted by Crippen LogP contribution is -2.30. The largest absolute Gasteiger partial charge is 0.477 e. The highest BCUT2D eigenvalue weighted by molar-refractivity contribution is 9.11. The van der Waals surface area contributed by atoms with Gasteiger partial charge < -0.3 is 5.11 Å². The molecule has 0 aliphatic heterocycles. The summed E-state index contributed by atoms with van der Waals surface area (Å²) in [4.78, 5) is 14.7. The standard InChI is InChI=1S/C12H11BrN2O4S2/c1-2-15(8-3-5-14-6-4-8)21(18,19)10-7-9(12(16)17)20-11(10)13/h3-7H,2H2,1H3,(H,16,17). The van der Waals surface area contributed by atoms with E-state index in [-0.39, 0.29) is 20.1 Å². The van der Waals surface area contributed by atoms with E-state index < -0.39 is 16.0 Å². The fourth-order valence-electron chi connectivity index (χ4n) is 1.75. The van der Waals surface area contributed by atoms with Crippen LogP contribution in [0, 0.1) is 0 Å². The van der Waals surface area contributed by atoms with Crippen LogP contribution in [0.4, 0.5) is 5.69 Å². The van der Waals surface area contributed by atoms with Crippen molar-refractivity contribution in [1.29, 1.82) is 0 Å². The number of hydrogen-bond donors (Lipinski definition) is 1. The van der Waals surface area contributed by atoms with Crippen molar-refractivity contribution < 1.29 is 18.3 Å². The molecule has 112 valence electrons. The Labute approximate surface area is 134 Å². The van der Waals surface area contributed by atoms with Gasteiger partial charge in [0, 0.05) is 18.9 Å². The van der Waals surface area contributed by atoms with Crippen LogP contribution >= 0.6 is 27.3 Å². The van der Waals surface area contributed by atoms with Crippen molar-refractivity contribution >= 4 is 48.9 Å². The minimum Gasteiger partial charge on any atom is -0.477 e. The molecule has 0 amide bonds. The second-order valence-electron chi connectivity index (χ2n) is 3.93. The Hall–Kier alpha value is -1.45. The second kappa shape index (κ2) is 6.12. The third-order valence-electron chi connectivity index (χ3n) is 2.67. The molecule has 21 heavy (non-hydrogen) atoms. The maximum absolute atomic E-state index is 12.7. The van der Waals surface area contributed by atoms with Crippen LogP contribution in [0.1, 0.15) is 16.6 Å². The maximum atomic E-state index is 12.7. The molecule has 0 radical (unpaired) electrons. The van der Waals surface area contributed by atoms with Crippen molar-refractivity contribution in [3.8, 4) is 0 Å². The number of pyridine rings is 1. The Balaban J connectivity index is 2.52. The molecule has 6 nitrogen and oxygen atoms in total. The Morgan fingerprint density at radius 3 is 2.52 bits per heavy atom. The predicted octanol–water partition coefficient (Wildman–Crippen LogP) is 2.82. The zero-order chi connectivity index (χ0) is 15.6. The molecular weight excluding hydrogens is 380 g/mol. The van der Waals surface area contributed by atoms with Gasteiger partial charge in [-0.2, -0.15) is 0 Å². The summed E-state index contributed by atoms with van der Waals surface area (Å²) < 4.78 is 26.9. The van der Waals surface area contributed by atoms with Crippen molar-refractivity contribution in [2.45, 2.75) is 11.8 Å². The summed E-state index contributed by atoms with van der Waals surface area (Å²) in [5.74, 6) is -1.16. The number of aromatic carboxylic acids is 1. The van der Waals surface area contributed by atoms with E-state index in [1.807, 2.05) is 0 Å². The molecule has 2 aromatic heterocycles.